The van der Waals surface area contributed by atoms with E-state index in [1.807, 2.05) is 24.3 Å². The summed E-state index contributed by atoms with van der Waals surface area (Å²) in [5.74, 6) is 0. The van der Waals surface area contributed by atoms with Gasteiger partial charge in [-0.25, -0.2) is 0 Å². The average Bonchev–Trinajstić information content (AvgIpc) is 2.32. The quantitative estimate of drug-likeness (QED) is 0.826. The summed E-state index contributed by atoms with van der Waals surface area (Å²) in [5, 5.41) is 11.2. The molecule has 1 N–H and O–H groups in total. The number of benzene rings is 2. The molecular weight excluding hydrogens is 335 g/mol. The van der Waals surface area contributed by atoms with Crippen molar-refractivity contribution in [3.8, 4) is 0 Å². The molecule has 0 saturated carbocycles. The molecule has 0 aliphatic rings. The fourth-order valence-electron chi connectivity index (χ4n) is 1.77. The molecule has 0 aromatic heterocycles. The van der Waals surface area contributed by atoms with Gasteiger partial charge in [-0.2, -0.15) is 0 Å². The normalized spacial score (nSPS) is 12.4. The maximum absolute atomic E-state index is 10.2. The predicted octanol–water partition coefficient (Wildman–Crippen LogP) is 5.03. The molecule has 0 radical (unpaired) electrons. The highest BCUT2D eigenvalue weighted by Gasteiger charge is 2.15. The lowest BCUT2D eigenvalue weighted by atomic mass is 10.0. The van der Waals surface area contributed by atoms with E-state index in [9.17, 15) is 5.11 Å². The van der Waals surface area contributed by atoms with Gasteiger partial charge in [-0.05, 0) is 29.8 Å². The molecule has 0 bridgehead atoms. The van der Waals surface area contributed by atoms with Crippen LogP contribution in [0.25, 0.3) is 0 Å². The highest BCUT2D eigenvalue weighted by atomic mass is 79.9. The predicted molar refractivity (Wildman–Crippen MR) is 79.3 cm³/mol. The second-order valence-corrected chi connectivity index (χ2v) is 5.71. The molecule has 18 heavy (non-hydrogen) atoms. The monoisotopic (exact) mass is 344 g/mol. The van der Waals surface area contributed by atoms with Crippen molar-refractivity contribution in [2.75, 3.05) is 0 Å². The van der Waals surface area contributed by atoms with Gasteiger partial charge in [0.05, 0.1) is 6.10 Å². The van der Waals surface area contributed by atoms with Gasteiger partial charge in [0, 0.05) is 26.5 Å². The van der Waals surface area contributed by atoms with Crippen LogP contribution in [0.4, 0.5) is 0 Å². The fraction of sp³-hybridized carbons (Fsp3) is 0.143. The van der Waals surface area contributed by atoms with Crippen molar-refractivity contribution in [1.29, 1.82) is 0 Å². The van der Waals surface area contributed by atoms with Crippen LogP contribution >= 0.6 is 39.1 Å². The highest BCUT2D eigenvalue weighted by molar-refractivity contribution is 9.10. The van der Waals surface area contributed by atoms with Crippen molar-refractivity contribution in [3.63, 3.8) is 0 Å². The summed E-state index contributed by atoms with van der Waals surface area (Å²) in [7, 11) is 0. The van der Waals surface area contributed by atoms with Crippen LogP contribution in [0.15, 0.2) is 46.9 Å². The van der Waals surface area contributed by atoms with Gasteiger partial charge in [0.15, 0.2) is 0 Å². The summed E-state index contributed by atoms with van der Waals surface area (Å²) in [6.45, 7) is 0. The van der Waals surface area contributed by atoms with Crippen LogP contribution in [0.5, 0.6) is 0 Å². The molecule has 4 heteroatoms. The zero-order valence-corrected chi connectivity index (χ0v) is 12.5. The maximum Gasteiger partial charge on any atom is 0.0859 e. The van der Waals surface area contributed by atoms with Crippen molar-refractivity contribution < 1.29 is 5.11 Å². The molecule has 0 amide bonds. The standard InChI is InChI=1S/C14H11BrCl2O/c15-10-6-4-9(5-7-10)8-13(18)14-11(16)2-1-3-12(14)17/h1-7,13,18H,8H2. The Bertz CT molecular complexity index is 520. The minimum Gasteiger partial charge on any atom is -0.388 e. The van der Waals surface area contributed by atoms with Gasteiger partial charge in [0.25, 0.3) is 0 Å². The average molecular weight is 346 g/mol. The van der Waals surface area contributed by atoms with Gasteiger partial charge < -0.3 is 5.11 Å². The Morgan fingerprint density at radius 3 is 2.11 bits per heavy atom. The van der Waals surface area contributed by atoms with Gasteiger partial charge >= 0.3 is 0 Å². The summed E-state index contributed by atoms with van der Waals surface area (Å²) >= 11 is 15.5. The Morgan fingerprint density at radius 2 is 1.56 bits per heavy atom. The molecule has 1 nitrogen and oxygen atoms in total. The first-order chi connectivity index (χ1) is 8.58. The summed E-state index contributed by atoms with van der Waals surface area (Å²) in [4.78, 5) is 0. The van der Waals surface area contributed by atoms with E-state index in [1.54, 1.807) is 18.2 Å². The van der Waals surface area contributed by atoms with Crippen LogP contribution in [0.3, 0.4) is 0 Å². The minimum atomic E-state index is -0.702. The van der Waals surface area contributed by atoms with Crippen LogP contribution in [0, 0.1) is 0 Å². The van der Waals surface area contributed by atoms with Crippen molar-refractivity contribution in [3.05, 3.63) is 68.1 Å². The molecule has 94 valence electrons. The molecule has 2 aromatic carbocycles. The number of rotatable bonds is 3. The first-order valence-corrected chi connectivity index (χ1v) is 6.99. The number of aliphatic hydroxyl groups excluding tert-OH is 1. The fourth-order valence-corrected chi connectivity index (χ4v) is 2.69. The Morgan fingerprint density at radius 1 is 1.00 bits per heavy atom. The molecule has 2 rings (SSSR count). The Hall–Kier alpha value is -0.540. The highest BCUT2D eigenvalue weighted by Crippen LogP contribution is 2.32. The van der Waals surface area contributed by atoms with Gasteiger partial charge in [-0.3, -0.25) is 0 Å². The number of halogens is 3. The first-order valence-electron chi connectivity index (χ1n) is 5.44. The number of aliphatic hydroxyl groups is 1. The van der Waals surface area contributed by atoms with E-state index in [0.717, 1.165) is 10.0 Å². The lowest BCUT2D eigenvalue weighted by molar-refractivity contribution is 0.178. The lowest BCUT2D eigenvalue weighted by Crippen LogP contribution is -2.03. The number of hydrogen-bond donors (Lipinski definition) is 1. The second-order valence-electron chi connectivity index (χ2n) is 3.98. The Kier molecular flexibility index (Phi) is 4.68. The van der Waals surface area contributed by atoms with Gasteiger partial charge in [-0.1, -0.05) is 57.3 Å². The van der Waals surface area contributed by atoms with E-state index in [1.165, 1.54) is 0 Å². The summed E-state index contributed by atoms with van der Waals surface area (Å²) in [5.41, 5.74) is 1.62. The van der Waals surface area contributed by atoms with E-state index < -0.39 is 6.10 Å². The van der Waals surface area contributed by atoms with E-state index in [4.69, 9.17) is 23.2 Å². The SMILES string of the molecule is OC(Cc1ccc(Br)cc1)c1c(Cl)cccc1Cl. The zero-order valence-electron chi connectivity index (χ0n) is 9.41. The van der Waals surface area contributed by atoms with Crippen LogP contribution in [0.1, 0.15) is 17.2 Å². The second kappa shape index (κ2) is 6.07. The third kappa shape index (κ3) is 3.27. The van der Waals surface area contributed by atoms with Crippen LogP contribution in [-0.2, 0) is 6.42 Å². The third-order valence-electron chi connectivity index (χ3n) is 2.68. The van der Waals surface area contributed by atoms with E-state index in [2.05, 4.69) is 15.9 Å². The van der Waals surface area contributed by atoms with Crippen LogP contribution in [0.2, 0.25) is 10.0 Å². The molecule has 1 unspecified atom stereocenters. The summed E-state index contributed by atoms with van der Waals surface area (Å²) in [6.07, 6.45) is -0.219. The zero-order chi connectivity index (χ0) is 13.1. The van der Waals surface area contributed by atoms with Gasteiger partial charge in [-0.15, -0.1) is 0 Å². The molecular formula is C14H11BrCl2O. The van der Waals surface area contributed by atoms with Crippen LogP contribution < -0.4 is 0 Å². The molecule has 0 aliphatic heterocycles. The van der Waals surface area contributed by atoms with E-state index >= 15 is 0 Å². The van der Waals surface area contributed by atoms with E-state index in [-0.39, 0.29) is 0 Å². The Balaban J connectivity index is 2.22. The number of hydrogen-bond acceptors (Lipinski definition) is 1. The largest absolute Gasteiger partial charge is 0.388 e. The molecule has 0 fully saturated rings. The third-order valence-corrected chi connectivity index (χ3v) is 3.86. The summed E-state index contributed by atoms with van der Waals surface area (Å²) < 4.78 is 1.01. The molecule has 1 atom stereocenters. The molecule has 0 heterocycles. The Labute approximate surface area is 124 Å². The molecule has 0 saturated heterocycles. The summed E-state index contributed by atoms with van der Waals surface area (Å²) in [6, 6.07) is 13.0. The van der Waals surface area contributed by atoms with Gasteiger partial charge in [0.1, 0.15) is 0 Å². The van der Waals surface area contributed by atoms with Crippen molar-refractivity contribution in [2.24, 2.45) is 0 Å². The van der Waals surface area contributed by atoms with Crippen molar-refractivity contribution in [1.82, 2.24) is 0 Å². The molecule has 0 spiro atoms. The smallest absolute Gasteiger partial charge is 0.0859 e. The molecule has 2 aromatic rings. The topological polar surface area (TPSA) is 20.2 Å². The van der Waals surface area contributed by atoms with E-state index in [0.29, 0.717) is 22.0 Å². The van der Waals surface area contributed by atoms with Gasteiger partial charge in [0.2, 0.25) is 0 Å². The first kappa shape index (κ1) is 13.9. The molecule has 0 aliphatic carbocycles. The van der Waals surface area contributed by atoms with Crippen molar-refractivity contribution >= 4 is 39.1 Å². The van der Waals surface area contributed by atoms with Crippen molar-refractivity contribution in [2.45, 2.75) is 12.5 Å². The maximum atomic E-state index is 10.2. The van der Waals surface area contributed by atoms with Crippen LogP contribution in [-0.4, -0.2) is 5.11 Å². The minimum absolute atomic E-state index is 0.483. The lowest BCUT2D eigenvalue weighted by Gasteiger charge is -2.14.